The summed E-state index contributed by atoms with van der Waals surface area (Å²) in [4.78, 5) is 27.3. The molecule has 3 aromatic heterocycles. The molecule has 2 unspecified atom stereocenters. The molecule has 2 atom stereocenters. The van der Waals surface area contributed by atoms with Gasteiger partial charge in [-0.3, -0.25) is 4.79 Å². The van der Waals surface area contributed by atoms with Gasteiger partial charge in [-0.15, -0.1) is 11.3 Å². The monoisotopic (exact) mass is 445 g/mol. The van der Waals surface area contributed by atoms with Crippen LogP contribution in [-0.4, -0.2) is 48.6 Å². The number of nitrogens with two attached hydrogens (primary N) is 1. The topological polar surface area (TPSA) is 103 Å². The summed E-state index contributed by atoms with van der Waals surface area (Å²) in [6, 6.07) is 6.43. The fraction of sp³-hybridized carbons (Fsp3) is 0.348. The van der Waals surface area contributed by atoms with Gasteiger partial charge in [0.25, 0.3) is 0 Å². The number of likely N-dealkylation sites (tertiary alicyclic amines) is 1. The Morgan fingerprint density at radius 1 is 1.25 bits per heavy atom. The summed E-state index contributed by atoms with van der Waals surface area (Å²) < 4.78 is 3.17. The Bertz CT molecular complexity index is 1380. The van der Waals surface area contributed by atoms with Crippen LogP contribution in [0.1, 0.15) is 23.9 Å². The molecule has 0 radical (unpaired) electrons. The summed E-state index contributed by atoms with van der Waals surface area (Å²) in [6.45, 7) is 7.21. The average molecular weight is 446 g/mol. The van der Waals surface area contributed by atoms with E-state index < -0.39 is 0 Å². The Hall–Kier alpha value is -3.33. The molecule has 1 aromatic carbocycles. The lowest BCUT2D eigenvalue weighted by molar-refractivity contribution is -0.125. The van der Waals surface area contributed by atoms with Gasteiger partial charge >= 0.3 is 0 Å². The Kier molecular flexibility index (Phi) is 4.29. The molecule has 4 heterocycles. The molecule has 9 heteroatoms. The van der Waals surface area contributed by atoms with E-state index in [2.05, 4.69) is 27.6 Å². The first-order chi connectivity index (χ1) is 15.5. The highest BCUT2D eigenvalue weighted by molar-refractivity contribution is 7.18. The minimum atomic E-state index is 0.0250. The standard InChI is InChI=1S/C23H23N7OS/c1-3-19(31)29-9-14-6-16(7-15(14)10-29)30-23-20(22(24)25-11-26-23)21(28-30)13-4-5-17-18(8-13)32-12(2)27-17/h3-5,8,11,14-16H,1,6-7,9-10H2,2H3,(H2,24,25,26). The number of amides is 1. The molecular weight excluding hydrogens is 422 g/mol. The Morgan fingerprint density at radius 3 is 2.78 bits per heavy atom. The summed E-state index contributed by atoms with van der Waals surface area (Å²) >= 11 is 1.67. The number of thiazole rings is 1. The van der Waals surface area contributed by atoms with Crippen molar-refractivity contribution in [2.75, 3.05) is 18.8 Å². The molecule has 1 aliphatic carbocycles. The van der Waals surface area contributed by atoms with Crippen LogP contribution in [0.3, 0.4) is 0 Å². The molecule has 2 aliphatic rings. The van der Waals surface area contributed by atoms with E-state index in [-0.39, 0.29) is 11.9 Å². The minimum Gasteiger partial charge on any atom is -0.383 e. The summed E-state index contributed by atoms with van der Waals surface area (Å²) in [5.41, 5.74) is 9.89. The summed E-state index contributed by atoms with van der Waals surface area (Å²) in [6.07, 6.45) is 4.86. The van der Waals surface area contributed by atoms with Crippen molar-refractivity contribution in [3.05, 3.63) is 42.2 Å². The third kappa shape index (κ3) is 2.91. The van der Waals surface area contributed by atoms with Crippen molar-refractivity contribution in [3.63, 3.8) is 0 Å². The SMILES string of the molecule is C=CC(=O)N1CC2CC(n3nc(-c4ccc5nc(C)sc5c4)c4c(N)ncnc43)CC2C1. The van der Waals surface area contributed by atoms with Crippen LogP contribution in [-0.2, 0) is 4.79 Å². The second-order valence-corrected chi connectivity index (χ2v) is 9.99. The Morgan fingerprint density at radius 2 is 2.03 bits per heavy atom. The van der Waals surface area contributed by atoms with E-state index in [0.29, 0.717) is 17.7 Å². The molecule has 2 fully saturated rings. The lowest BCUT2D eigenvalue weighted by Crippen LogP contribution is -2.28. The van der Waals surface area contributed by atoms with Gasteiger partial charge in [0.1, 0.15) is 17.8 Å². The summed E-state index contributed by atoms with van der Waals surface area (Å²) in [7, 11) is 0. The van der Waals surface area contributed by atoms with E-state index in [1.807, 2.05) is 28.6 Å². The second-order valence-electron chi connectivity index (χ2n) is 8.76. The molecule has 1 saturated carbocycles. The number of hydrogen-bond acceptors (Lipinski definition) is 7. The Labute approximate surface area is 188 Å². The van der Waals surface area contributed by atoms with E-state index in [9.17, 15) is 4.79 Å². The van der Waals surface area contributed by atoms with Crippen LogP contribution in [0.2, 0.25) is 0 Å². The molecule has 6 rings (SSSR count). The van der Waals surface area contributed by atoms with Gasteiger partial charge in [0.15, 0.2) is 5.65 Å². The summed E-state index contributed by atoms with van der Waals surface area (Å²) in [5, 5.41) is 6.87. The predicted octanol–water partition coefficient (Wildman–Crippen LogP) is 3.59. The third-order valence-electron chi connectivity index (χ3n) is 6.85. The number of aromatic nitrogens is 5. The summed E-state index contributed by atoms with van der Waals surface area (Å²) in [5.74, 6) is 1.42. The van der Waals surface area contributed by atoms with Crippen molar-refractivity contribution >= 4 is 44.3 Å². The average Bonchev–Trinajstić information content (AvgIpc) is 3.52. The normalized spacial score (nSPS) is 22.7. The van der Waals surface area contributed by atoms with Crippen LogP contribution < -0.4 is 5.73 Å². The first-order valence-corrected chi connectivity index (χ1v) is 11.6. The third-order valence-corrected chi connectivity index (χ3v) is 7.78. The highest BCUT2D eigenvalue weighted by atomic mass is 32.1. The molecule has 2 N–H and O–H groups in total. The fourth-order valence-corrected chi connectivity index (χ4v) is 6.28. The number of rotatable bonds is 3. The Balaban J connectivity index is 1.40. The number of hydrogen-bond donors (Lipinski definition) is 1. The minimum absolute atomic E-state index is 0.0250. The van der Waals surface area contributed by atoms with E-state index >= 15 is 0 Å². The largest absolute Gasteiger partial charge is 0.383 e. The molecule has 0 bridgehead atoms. The van der Waals surface area contributed by atoms with Crippen molar-refractivity contribution in [1.29, 1.82) is 0 Å². The number of aryl methyl sites for hydroxylation is 1. The second kappa shape index (κ2) is 7.09. The molecule has 1 aliphatic heterocycles. The zero-order valence-electron chi connectivity index (χ0n) is 17.7. The van der Waals surface area contributed by atoms with Crippen molar-refractivity contribution in [1.82, 2.24) is 29.6 Å². The van der Waals surface area contributed by atoms with Crippen molar-refractivity contribution in [2.45, 2.75) is 25.8 Å². The van der Waals surface area contributed by atoms with Crippen molar-refractivity contribution in [3.8, 4) is 11.3 Å². The van der Waals surface area contributed by atoms with Crippen LogP contribution >= 0.6 is 11.3 Å². The van der Waals surface area contributed by atoms with Gasteiger partial charge in [-0.2, -0.15) is 5.10 Å². The number of carbonyl (C=O) groups is 1. The van der Waals surface area contributed by atoms with Gasteiger partial charge < -0.3 is 10.6 Å². The lowest BCUT2D eigenvalue weighted by atomic mass is 10.0. The maximum atomic E-state index is 12.0. The molecule has 4 aromatic rings. The van der Waals surface area contributed by atoms with Crippen LogP contribution in [0.4, 0.5) is 5.82 Å². The first-order valence-electron chi connectivity index (χ1n) is 10.8. The molecule has 162 valence electrons. The quantitative estimate of drug-likeness (QED) is 0.484. The number of anilines is 1. The highest BCUT2D eigenvalue weighted by Gasteiger charge is 2.43. The van der Waals surface area contributed by atoms with Gasteiger partial charge in [0, 0.05) is 18.7 Å². The van der Waals surface area contributed by atoms with E-state index in [1.54, 1.807) is 11.3 Å². The van der Waals surface area contributed by atoms with Crippen LogP contribution in [0.5, 0.6) is 0 Å². The van der Waals surface area contributed by atoms with Gasteiger partial charge in [-0.05, 0) is 49.8 Å². The maximum Gasteiger partial charge on any atom is 0.245 e. The number of nitrogen functional groups attached to an aromatic ring is 1. The van der Waals surface area contributed by atoms with Crippen molar-refractivity contribution < 1.29 is 4.79 Å². The lowest BCUT2D eigenvalue weighted by Gasteiger charge is -2.18. The zero-order valence-corrected chi connectivity index (χ0v) is 18.5. The molecular formula is C23H23N7OS. The van der Waals surface area contributed by atoms with Crippen molar-refractivity contribution in [2.24, 2.45) is 11.8 Å². The maximum absolute atomic E-state index is 12.0. The molecule has 32 heavy (non-hydrogen) atoms. The number of fused-ring (bicyclic) bond motifs is 3. The van der Waals surface area contributed by atoms with Gasteiger partial charge in [0.05, 0.1) is 26.7 Å². The smallest absolute Gasteiger partial charge is 0.245 e. The van der Waals surface area contributed by atoms with Crippen LogP contribution in [0.25, 0.3) is 32.5 Å². The first kappa shape index (κ1) is 19.4. The van der Waals surface area contributed by atoms with Crippen LogP contribution in [0.15, 0.2) is 37.2 Å². The number of benzene rings is 1. The molecule has 1 saturated heterocycles. The fourth-order valence-electron chi connectivity index (χ4n) is 5.42. The number of carbonyl (C=O) groups excluding carboxylic acids is 1. The van der Waals surface area contributed by atoms with Crippen LogP contribution in [0, 0.1) is 18.8 Å². The predicted molar refractivity (Wildman–Crippen MR) is 125 cm³/mol. The highest BCUT2D eigenvalue weighted by Crippen LogP contribution is 2.45. The zero-order chi connectivity index (χ0) is 22.0. The van der Waals surface area contributed by atoms with E-state index in [0.717, 1.165) is 63.4 Å². The molecule has 1 amide bonds. The van der Waals surface area contributed by atoms with E-state index in [4.69, 9.17) is 10.8 Å². The molecule has 0 spiro atoms. The van der Waals surface area contributed by atoms with Gasteiger partial charge in [-0.25, -0.2) is 19.6 Å². The van der Waals surface area contributed by atoms with Gasteiger partial charge in [-0.1, -0.05) is 12.6 Å². The van der Waals surface area contributed by atoms with E-state index in [1.165, 1.54) is 12.4 Å². The molecule has 8 nitrogen and oxygen atoms in total. The number of nitrogens with zero attached hydrogens (tertiary/aromatic N) is 6. The van der Waals surface area contributed by atoms with Gasteiger partial charge in [0.2, 0.25) is 5.91 Å².